The van der Waals surface area contributed by atoms with Gasteiger partial charge in [-0.3, -0.25) is 4.79 Å². The van der Waals surface area contributed by atoms with Gasteiger partial charge < -0.3 is 19.5 Å². The minimum absolute atomic E-state index is 0.179. The Balaban J connectivity index is 1.70. The quantitative estimate of drug-likeness (QED) is 0.574. The molecular weight excluding hydrogens is 390 g/mol. The van der Waals surface area contributed by atoms with Crippen molar-refractivity contribution in [1.29, 1.82) is 0 Å². The summed E-state index contributed by atoms with van der Waals surface area (Å²) < 4.78 is 16.6. The van der Waals surface area contributed by atoms with Crippen molar-refractivity contribution in [3.05, 3.63) is 88.4 Å². The molecule has 0 aliphatic carbocycles. The summed E-state index contributed by atoms with van der Waals surface area (Å²) in [4.78, 5) is 12.6. The van der Waals surface area contributed by atoms with Crippen molar-refractivity contribution < 1.29 is 19.0 Å². The van der Waals surface area contributed by atoms with Gasteiger partial charge in [0.25, 0.3) is 5.91 Å². The molecule has 0 aromatic heterocycles. The maximum atomic E-state index is 12.6. The van der Waals surface area contributed by atoms with Crippen LogP contribution in [0.4, 0.5) is 0 Å². The van der Waals surface area contributed by atoms with Crippen LogP contribution in [-0.4, -0.2) is 20.1 Å². The lowest BCUT2D eigenvalue weighted by atomic mass is 10.1. The van der Waals surface area contributed by atoms with E-state index in [9.17, 15) is 4.79 Å². The van der Waals surface area contributed by atoms with Crippen LogP contribution in [0.3, 0.4) is 0 Å². The number of hydrogen-bond donors (Lipinski definition) is 1. The van der Waals surface area contributed by atoms with Crippen LogP contribution < -0.4 is 19.5 Å². The van der Waals surface area contributed by atoms with Crippen LogP contribution >= 0.6 is 11.6 Å². The predicted molar refractivity (Wildman–Crippen MR) is 113 cm³/mol. The van der Waals surface area contributed by atoms with Crippen molar-refractivity contribution in [2.75, 3.05) is 14.2 Å². The number of methoxy groups -OCH3 is 2. The Morgan fingerprint density at radius 1 is 0.897 bits per heavy atom. The third kappa shape index (κ3) is 5.42. The smallest absolute Gasteiger partial charge is 0.251 e. The second kappa shape index (κ2) is 9.85. The van der Waals surface area contributed by atoms with Gasteiger partial charge in [0.2, 0.25) is 0 Å². The largest absolute Gasteiger partial charge is 0.496 e. The lowest BCUT2D eigenvalue weighted by Gasteiger charge is -2.14. The molecule has 0 bridgehead atoms. The number of amides is 1. The zero-order valence-corrected chi connectivity index (χ0v) is 17.0. The summed E-state index contributed by atoms with van der Waals surface area (Å²) in [6.45, 7) is 0.650. The van der Waals surface area contributed by atoms with E-state index in [4.69, 9.17) is 25.8 Å². The highest BCUT2D eigenvalue weighted by molar-refractivity contribution is 6.30. The number of para-hydroxylation sites is 2. The van der Waals surface area contributed by atoms with Gasteiger partial charge in [-0.1, -0.05) is 35.9 Å². The van der Waals surface area contributed by atoms with E-state index in [1.165, 1.54) is 0 Å². The second-order valence-electron chi connectivity index (χ2n) is 6.28. The van der Waals surface area contributed by atoms with Gasteiger partial charge >= 0.3 is 0 Å². The van der Waals surface area contributed by atoms with E-state index in [1.807, 2.05) is 36.4 Å². The number of ether oxygens (including phenoxy) is 3. The Labute approximate surface area is 175 Å². The van der Waals surface area contributed by atoms with Gasteiger partial charge in [-0.25, -0.2) is 0 Å². The monoisotopic (exact) mass is 411 g/mol. The van der Waals surface area contributed by atoms with Gasteiger partial charge in [0, 0.05) is 22.7 Å². The zero-order chi connectivity index (χ0) is 20.6. The van der Waals surface area contributed by atoms with E-state index in [2.05, 4.69) is 5.32 Å². The van der Waals surface area contributed by atoms with Gasteiger partial charge in [-0.2, -0.15) is 0 Å². The lowest BCUT2D eigenvalue weighted by molar-refractivity contribution is 0.0950. The van der Waals surface area contributed by atoms with Crippen LogP contribution in [0, 0.1) is 0 Å². The first-order chi connectivity index (χ1) is 14.1. The Morgan fingerprint density at radius 2 is 1.59 bits per heavy atom. The number of rotatable bonds is 8. The van der Waals surface area contributed by atoms with Crippen LogP contribution in [0.15, 0.2) is 66.7 Å². The summed E-state index contributed by atoms with van der Waals surface area (Å²) in [6.07, 6.45) is 0. The third-order valence-electron chi connectivity index (χ3n) is 4.36. The summed E-state index contributed by atoms with van der Waals surface area (Å²) in [5.41, 5.74) is 2.26. The van der Waals surface area contributed by atoms with Crippen LogP contribution in [0.5, 0.6) is 17.2 Å². The maximum Gasteiger partial charge on any atom is 0.251 e. The van der Waals surface area contributed by atoms with Crippen molar-refractivity contribution in [3.63, 3.8) is 0 Å². The predicted octanol–water partition coefficient (Wildman–Crippen LogP) is 4.87. The van der Waals surface area contributed by atoms with E-state index < -0.39 is 0 Å². The molecule has 0 saturated carbocycles. The molecule has 0 spiro atoms. The lowest BCUT2D eigenvalue weighted by Crippen LogP contribution is -2.23. The first-order valence-corrected chi connectivity index (χ1v) is 9.44. The normalized spacial score (nSPS) is 10.3. The van der Waals surface area contributed by atoms with Crippen LogP contribution in [0.25, 0.3) is 0 Å². The Morgan fingerprint density at radius 3 is 2.28 bits per heavy atom. The molecule has 0 fully saturated rings. The van der Waals surface area contributed by atoms with Gasteiger partial charge in [0.05, 0.1) is 14.2 Å². The minimum Gasteiger partial charge on any atom is -0.496 e. The van der Waals surface area contributed by atoms with Crippen LogP contribution in [0.2, 0.25) is 5.02 Å². The molecular formula is C23H22ClNO4. The van der Waals surface area contributed by atoms with Gasteiger partial charge in [0.1, 0.15) is 12.4 Å². The summed E-state index contributed by atoms with van der Waals surface area (Å²) in [5.74, 6) is 1.73. The van der Waals surface area contributed by atoms with Crippen molar-refractivity contribution >= 4 is 17.5 Å². The number of carbonyl (C=O) groups is 1. The number of benzene rings is 3. The summed E-state index contributed by atoms with van der Waals surface area (Å²) in [5, 5.41) is 3.57. The number of nitrogens with one attached hydrogen (secondary N) is 1. The van der Waals surface area contributed by atoms with E-state index >= 15 is 0 Å². The average molecular weight is 412 g/mol. The molecule has 0 saturated heterocycles. The highest BCUT2D eigenvalue weighted by Gasteiger charge is 2.12. The van der Waals surface area contributed by atoms with E-state index in [1.54, 1.807) is 44.6 Å². The molecule has 3 rings (SSSR count). The van der Waals surface area contributed by atoms with Crippen molar-refractivity contribution in [3.8, 4) is 17.2 Å². The molecule has 3 aromatic rings. The van der Waals surface area contributed by atoms with Crippen molar-refractivity contribution in [1.82, 2.24) is 5.32 Å². The van der Waals surface area contributed by atoms with E-state index in [0.717, 1.165) is 11.1 Å². The van der Waals surface area contributed by atoms with Gasteiger partial charge in [-0.05, 0) is 48.0 Å². The fourth-order valence-electron chi connectivity index (χ4n) is 2.81. The molecule has 0 aliphatic heterocycles. The van der Waals surface area contributed by atoms with Crippen LogP contribution in [0.1, 0.15) is 21.5 Å². The fourth-order valence-corrected chi connectivity index (χ4v) is 2.94. The maximum absolute atomic E-state index is 12.6. The Bertz CT molecular complexity index is 973. The first-order valence-electron chi connectivity index (χ1n) is 9.06. The second-order valence-corrected chi connectivity index (χ2v) is 6.71. The molecule has 1 amide bonds. The molecule has 0 heterocycles. The molecule has 6 heteroatoms. The summed E-state index contributed by atoms with van der Waals surface area (Å²) in [7, 11) is 3.18. The van der Waals surface area contributed by atoms with Gasteiger partial charge in [0.15, 0.2) is 11.5 Å². The number of carbonyl (C=O) groups excluding carboxylic acids is 1. The number of halogens is 1. The first kappa shape index (κ1) is 20.6. The third-order valence-corrected chi connectivity index (χ3v) is 4.61. The molecule has 5 nitrogen and oxygen atoms in total. The summed E-state index contributed by atoms with van der Waals surface area (Å²) in [6, 6.07) is 20.0. The Kier molecular flexibility index (Phi) is 6.98. The Hall–Kier alpha value is -3.18. The average Bonchev–Trinajstić information content (AvgIpc) is 2.77. The van der Waals surface area contributed by atoms with E-state index in [0.29, 0.717) is 34.4 Å². The standard InChI is InChI=1S/C23H22ClNO4/c1-27-20-12-9-17(23(26)25-14-16-7-10-19(24)11-8-16)13-18(20)15-29-22-6-4-3-5-21(22)28-2/h3-13H,14-15H2,1-2H3,(H,25,26). The number of hydrogen-bond acceptors (Lipinski definition) is 4. The molecule has 3 aromatic carbocycles. The van der Waals surface area contributed by atoms with E-state index in [-0.39, 0.29) is 12.5 Å². The fraction of sp³-hybridized carbons (Fsp3) is 0.174. The topological polar surface area (TPSA) is 56.8 Å². The SMILES string of the molecule is COc1ccc(C(=O)NCc2ccc(Cl)cc2)cc1COc1ccccc1OC. The van der Waals surface area contributed by atoms with Gasteiger partial charge in [-0.15, -0.1) is 0 Å². The molecule has 29 heavy (non-hydrogen) atoms. The zero-order valence-electron chi connectivity index (χ0n) is 16.3. The molecule has 0 aliphatic rings. The van der Waals surface area contributed by atoms with Crippen LogP contribution in [-0.2, 0) is 13.2 Å². The molecule has 150 valence electrons. The molecule has 1 N–H and O–H groups in total. The highest BCUT2D eigenvalue weighted by Crippen LogP contribution is 2.28. The van der Waals surface area contributed by atoms with Crippen molar-refractivity contribution in [2.24, 2.45) is 0 Å². The minimum atomic E-state index is -0.179. The highest BCUT2D eigenvalue weighted by atomic mass is 35.5. The summed E-state index contributed by atoms with van der Waals surface area (Å²) >= 11 is 5.89. The molecule has 0 unspecified atom stereocenters. The molecule has 0 atom stereocenters. The molecule has 0 radical (unpaired) electrons. The van der Waals surface area contributed by atoms with Crippen molar-refractivity contribution in [2.45, 2.75) is 13.2 Å².